The number of fused-ring (bicyclic) bond motifs is 1. The summed E-state index contributed by atoms with van der Waals surface area (Å²) in [5.41, 5.74) is 3.39. The molecule has 1 N–H and O–H groups in total. The van der Waals surface area contributed by atoms with Crippen LogP contribution in [0.3, 0.4) is 0 Å². The highest BCUT2D eigenvalue weighted by Gasteiger charge is 2.15. The quantitative estimate of drug-likeness (QED) is 0.517. The van der Waals surface area contributed by atoms with Gasteiger partial charge in [0.1, 0.15) is 0 Å². The predicted octanol–water partition coefficient (Wildman–Crippen LogP) is 1.50. The fraction of sp³-hybridized carbons (Fsp3) is 0.333. The number of carbonyl (C=O) groups is 1. The topological polar surface area (TPSA) is 59.3 Å². The van der Waals surface area contributed by atoms with Crippen molar-refractivity contribution in [2.24, 2.45) is 0 Å². The molecular formula is C18H21N3O2. The van der Waals surface area contributed by atoms with Crippen molar-refractivity contribution in [2.45, 2.75) is 19.4 Å². The first kappa shape index (κ1) is 15.5. The fourth-order valence-electron chi connectivity index (χ4n) is 2.92. The summed E-state index contributed by atoms with van der Waals surface area (Å²) in [7, 11) is 0. The molecule has 5 heteroatoms. The molecule has 1 amide bonds. The molecular weight excluding hydrogens is 290 g/mol. The Kier molecular flexibility index (Phi) is 4.88. The summed E-state index contributed by atoms with van der Waals surface area (Å²) in [4.78, 5) is 14.4. The van der Waals surface area contributed by atoms with Gasteiger partial charge in [-0.2, -0.15) is 4.73 Å². The first-order valence-corrected chi connectivity index (χ1v) is 7.98. The second kappa shape index (κ2) is 7.24. The van der Waals surface area contributed by atoms with E-state index in [1.807, 2.05) is 0 Å². The van der Waals surface area contributed by atoms with Crippen LogP contribution in [0.5, 0.6) is 0 Å². The number of nitrogens with zero attached hydrogens (tertiary/aromatic N) is 2. The van der Waals surface area contributed by atoms with Gasteiger partial charge in [-0.25, -0.2) is 0 Å². The van der Waals surface area contributed by atoms with Gasteiger partial charge >= 0.3 is 0 Å². The van der Waals surface area contributed by atoms with Gasteiger partial charge in [-0.05, 0) is 24.0 Å². The van der Waals surface area contributed by atoms with Crippen LogP contribution < -0.4 is 10.0 Å². The van der Waals surface area contributed by atoms with Gasteiger partial charge in [0.2, 0.25) is 0 Å². The number of hydrogen-bond acceptors (Lipinski definition) is 3. The van der Waals surface area contributed by atoms with E-state index >= 15 is 0 Å². The minimum absolute atomic E-state index is 0.130. The molecule has 0 fully saturated rings. The van der Waals surface area contributed by atoms with E-state index in [0.29, 0.717) is 16.8 Å². The van der Waals surface area contributed by atoms with Gasteiger partial charge in [0.25, 0.3) is 5.91 Å². The molecule has 0 unspecified atom stereocenters. The molecule has 0 saturated carbocycles. The van der Waals surface area contributed by atoms with Crippen molar-refractivity contribution in [3.05, 3.63) is 70.7 Å². The highest BCUT2D eigenvalue weighted by Crippen LogP contribution is 2.18. The summed E-state index contributed by atoms with van der Waals surface area (Å²) in [5, 5.41) is 13.8. The van der Waals surface area contributed by atoms with Crippen molar-refractivity contribution in [3.63, 3.8) is 0 Å². The average Bonchev–Trinajstić information content (AvgIpc) is 2.59. The van der Waals surface area contributed by atoms with Crippen LogP contribution in [-0.2, 0) is 13.0 Å². The lowest BCUT2D eigenvalue weighted by Gasteiger charge is -2.28. The Hall–Kier alpha value is -2.40. The molecule has 5 nitrogen and oxygen atoms in total. The van der Waals surface area contributed by atoms with Crippen LogP contribution in [0, 0.1) is 5.21 Å². The molecule has 1 aromatic heterocycles. The molecule has 0 saturated heterocycles. The van der Waals surface area contributed by atoms with Crippen LogP contribution in [0.2, 0.25) is 0 Å². The third-order valence-corrected chi connectivity index (χ3v) is 4.21. The maximum absolute atomic E-state index is 11.9. The van der Waals surface area contributed by atoms with E-state index < -0.39 is 0 Å². The summed E-state index contributed by atoms with van der Waals surface area (Å²) < 4.78 is 0.672. The monoisotopic (exact) mass is 311 g/mol. The number of hydrogen-bond donors (Lipinski definition) is 1. The standard InChI is InChI=1S/C18H21N3O2/c22-18(16-7-12-21(23)13-8-16)19-9-3-10-20-11-6-15-4-1-2-5-17(15)14-20/h1-2,4-5,7-8,12-13H,3,6,9-11,14H2,(H,19,22). The van der Waals surface area contributed by atoms with Gasteiger partial charge in [-0.15, -0.1) is 0 Å². The molecule has 3 rings (SSSR count). The van der Waals surface area contributed by atoms with Gasteiger partial charge in [0.05, 0.1) is 5.56 Å². The van der Waals surface area contributed by atoms with Crippen LogP contribution in [0.25, 0.3) is 0 Å². The van der Waals surface area contributed by atoms with Crippen molar-refractivity contribution in [1.82, 2.24) is 10.2 Å². The van der Waals surface area contributed by atoms with E-state index in [0.717, 1.165) is 32.5 Å². The van der Waals surface area contributed by atoms with Gasteiger partial charge < -0.3 is 10.5 Å². The SMILES string of the molecule is O=C(NCCCN1CCc2ccccc2C1)c1cc[n+]([O-])cc1. The Labute approximate surface area is 136 Å². The number of aromatic nitrogens is 1. The van der Waals surface area contributed by atoms with E-state index in [9.17, 15) is 10.0 Å². The zero-order valence-electron chi connectivity index (χ0n) is 13.1. The lowest BCUT2D eigenvalue weighted by molar-refractivity contribution is -0.605. The highest BCUT2D eigenvalue weighted by molar-refractivity contribution is 5.93. The molecule has 0 radical (unpaired) electrons. The summed E-state index contributed by atoms with van der Waals surface area (Å²) in [5.74, 6) is -0.130. The molecule has 0 spiro atoms. The van der Waals surface area contributed by atoms with Crippen molar-refractivity contribution >= 4 is 5.91 Å². The Morgan fingerprint density at radius 2 is 1.91 bits per heavy atom. The Bertz CT molecular complexity index is 670. The third-order valence-electron chi connectivity index (χ3n) is 4.21. The Morgan fingerprint density at radius 3 is 2.70 bits per heavy atom. The van der Waals surface area contributed by atoms with Crippen molar-refractivity contribution in [3.8, 4) is 0 Å². The van der Waals surface area contributed by atoms with E-state index in [1.165, 1.54) is 35.7 Å². The number of benzene rings is 1. The maximum atomic E-state index is 11.9. The largest absolute Gasteiger partial charge is 0.619 e. The summed E-state index contributed by atoms with van der Waals surface area (Å²) in [6, 6.07) is 11.7. The molecule has 0 aliphatic carbocycles. The zero-order chi connectivity index (χ0) is 16.1. The predicted molar refractivity (Wildman–Crippen MR) is 87.8 cm³/mol. The van der Waals surface area contributed by atoms with Gasteiger partial charge in [-0.3, -0.25) is 9.69 Å². The second-order valence-corrected chi connectivity index (χ2v) is 5.85. The molecule has 0 atom stereocenters. The minimum atomic E-state index is -0.130. The first-order chi connectivity index (χ1) is 11.2. The smallest absolute Gasteiger partial charge is 0.251 e. The minimum Gasteiger partial charge on any atom is -0.619 e. The summed E-state index contributed by atoms with van der Waals surface area (Å²) >= 11 is 0. The summed E-state index contributed by atoms with van der Waals surface area (Å²) in [6.45, 7) is 3.69. The van der Waals surface area contributed by atoms with Gasteiger partial charge in [-0.1, -0.05) is 24.3 Å². The average molecular weight is 311 g/mol. The van der Waals surface area contributed by atoms with Crippen LogP contribution in [-0.4, -0.2) is 30.4 Å². The van der Waals surface area contributed by atoms with Crippen LogP contribution in [0.15, 0.2) is 48.8 Å². The van der Waals surface area contributed by atoms with E-state index in [-0.39, 0.29) is 5.91 Å². The van der Waals surface area contributed by atoms with Gasteiger partial charge in [0.15, 0.2) is 12.4 Å². The van der Waals surface area contributed by atoms with E-state index in [1.54, 1.807) is 0 Å². The van der Waals surface area contributed by atoms with E-state index in [4.69, 9.17) is 0 Å². The van der Waals surface area contributed by atoms with Crippen LogP contribution in [0.4, 0.5) is 0 Å². The number of pyridine rings is 1. The maximum Gasteiger partial charge on any atom is 0.251 e. The molecule has 0 bridgehead atoms. The molecule has 2 heterocycles. The molecule has 1 aliphatic heterocycles. The number of nitrogens with one attached hydrogen (secondary N) is 1. The lowest BCUT2D eigenvalue weighted by atomic mass is 10.00. The normalized spacial score (nSPS) is 14.3. The van der Waals surface area contributed by atoms with Crippen LogP contribution in [0.1, 0.15) is 27.9 Å². The second-order valence-electron chi connectivity index (χ2n) is 5.85. The van der Waals surface area contributed by atoms with Crippen molar-refractivity contribution < 1.29 is 9.52 Å². The van der Waals surface area contributed by atoms with E-state index in [2.05, 4.69) is 34.5 Å². The fourth-order valence-corrected chi connectivity index (χ4v) is 2.92. The molecule has 2 aromatic rings. The van der Waals surface area contributed by atoms with Crippen LogP contribution >= 0.6 is 0 Å². The lowest BCUT2D eigenvalue weighted by Crippen LogP contribution is -2.34. The van der Waals surface area contributed by atoms with Crippen molar-refractivity contribution in [1.29, 1.82) is 0 Å². The summed E-state index contributed by atoms with van der Waals surface area (Å²) in [6.07, 6.45) is 4.68. The third kappa shape index (κ3) is 4.07. The van der Waals surface area contributed by atoms with Gasteiger partial charge in [0, 0.05) is 38.3 Å². The molecule has 23 heavy (non-hydrogen) atoms. The molecule has 120 valence electrons. The molecule has 1 aliphatic rings. The first-order valence-electron chi connectivity index (χ1n) is 7.98. The zero-order valence-corrected chi connectivity index (χ0v) is 13.1. The molecule has 1 aromatic carbocycles. The number of carbonyl (C=O) groups excluding carboxylic acids is 1. The number of amides is 1. The Morgan fingerprint density at radius 1 is 1.17 bits per heavy atom. The highest BCUT2D eigenvalue weighted by atomic mass is 16.5. The van der Waals surface area contributed by atoms with Crippen molar-refractivity contribution in [2.75, 3.05) is 19.6 Å². The Balaban J connectivity index is 1.40. The number of rotatable bonds is 5.